The number of hydrogen-bond donors (Lipinski definition) is 1. The molecule has 6 nitrogen and oxygen atoms in total. The van der Waals surface area contributed by atoms with E-state index >= 15 is 0 Å². The number of anilines is 1. The van der Waals surface area contributed by atoms with Gasteiger partial charge >= 0.3 is 0 Å². The number of amides is 1. The second-order valence-electron chi connectivity index (χ2n) is 9.43. The van der Waals surface area contributed by atoms with E-state index in [0.717, 1.165) is 47.3 Å². The number of carbonyl (C=O) groups excluding carboxylic acids is 1. The molecule has 0 radical (unpaired) electrons. The largest absolute Gasteiger partial charge is 0.424 e. The number of carbonyl (C=O) groups is 1. The number of piperidine rings is 1. The number of aryl methyl sites for hydroxylation is 2. The Hall–Kier alpha value is -3.38. The number of fused-ring (bicyclic) bond motifs is 1. The van der Waals surface area contributed by atoms with Crippen LogP contribution in [0, 0.1) is 19.8 Å². The second-order valence-corrected chi connectivity index (χ2v) is 9.87. The lowest BCUT2D eigenvalue weighted by atomic mass is 9.89. The summed E-state index contributed by atoms with van der Waals surface area (Å²) in [7, 11) is 0. The average molecular weight is 489 g/mol. The van der Waals surface area contributed by atoms with Crippen LogP contribution in [0.3, 0.4) is 0 Å². The van der Waals surface area contributed by atoms with Crippen molar-refractivity contribution in [1.29, 1.82) is 0 Å². The molecule has 1 aliphatic rings. The molecule has 0 spiro atoms. The maximum Gasteiger partial charge on any atom is 0.295 e. The third-order valence-corrected chi connectivity index (χ3v) is 7.04. The summed E-state index contributed by atoms with van der Waals surface area (Å²) in [6, 6.07) is 15.9. The maximum absolute atomic E-state index is 14.0. The van der Waals surface area contributed by atoms with Crippen molar-refractivity contribution in [3.8, 4) is 11.1 Å². The van der Waals surface area contributed by atoms with E-state index in [0.29, 0.717) is 34.6 Å². The zero-order chi connectivity index (χ0) is 24.5. The number of oxazole rings is 1. The summed E-state index contributed by atoms with van der Waals surface area (Å²) in [5.41, 5.74) is 6.05. The van der Waals surface area contributed by atoms with E-state index in [9.17, 15) is 4.79 Å². The molecule has 7 heteroatoms. The van der Waals surface area contributed by atoms with Crippen LogP contribution in [0.25, 0.3) is 22.2 Å². The van der Waals surface area contributed by atoms with Crippen molar-refractivity contribution in [3.63, 3.8) is 0 Å². The van der Waals surface area contributed by atoms with Gasteiger partial charge in [-0.25, -0.2) is 0 Å². The Labute approximate surface area is 210 Å². The van der Waals surface area contributed by atoms with E-state index in [4.69, 9.17) is 16.0 Å². The first-order valence-electron chi connectivity index (χ1n) is 12.0. The summed E-state index contributed by atoms with van der Waals surface area (Å²) in [4.78, 5) is 24.9. The minimum atomic E-state index is 0.0161. The molecule has 1 N–H and O–H groups in total. The van der Waals surface area contributed by atoms with Crippen molar-refractivity contribution >= 4 is 34.6 Å². The van der Waals surface area contributed by atoms with Crippen LogP contribution < -0.4 is 5.32 Å². The molecular weight excluding hydrogens is 460 g/mol. The van der Waals surface area contributed by atoms with E-state index in [1.807, 2.05) is 49.1 Å². The number of aromatic nitrogens is 2. The molecule has 0 aliphatic carbocycles. The Bertz CT molecular complexity index is 1380. The summed E-state index contributed by atoms with van der Waals surface area (Å²) in [6.45, 7) is 7.48. The number of likely N-dealkylation sites (tertiary alicyclic amines) is 1. The molecule has 1 fully saturated rings. The number of halogens is 1. The number of pyridine rings is 1. The van der Waals surface area contributed by atoms with Crippen LogP contribution in [0.1, 0.15) is 41.4 Å². The molecule has 1 saturated heterocycles. The molecule has 35 heavy (non-hydrogen) atoms. The van der Waals surface area contributed by atoms with Crippen molar-refractivity contribution in [2.45, 2.75) is 39.7 Å². The second kappa shape index (κ2) is 9.70. The summed E-state index contributed by atoms with van der Waals surface area (Å²) < 4.78 is 5.84. The molecule has 2 aromatic heterocycles. The monoisotopic (exact) mass is 488 g/mol. The summed E-state index contributed by atoms with van der Waals surface area (Å²) in [6.07, 6.45) is 3.85. The highest BCUT2D eigenvalue weighted by Crippen LogP contribution is 2.31. The summed E-state index contributed by atoms with van der Waals surface area (Å²) in [5.74, 6) is 0.399. The van der Waals surface area contributed by atoms with Crippen molar-refractivity contribution in [2.75, 3.05) is 18.4 Å². The quantitative estimate of drug-likeness (QED) is 0.346. The van der Waals surface area contributed by atoms with Crippen LogP contribution in [0.2, 0.25) is 5.02 Å². The number of hydrogen-bond acceptors (Lipinski definition) is 5. The van der Waals surface area contributed by atoms with Gasteiger partial charge in [-0.2, -0.15) is 4.98 Å². The first-order chi connectivity index (χ1) is 16.9. The Kier molecular flexibility index (Phi) is 6.48. The van der Waals surface area contributed by atoms with Crippen molar-refractivity contribution in [1.82, 2.24) is 14.9 Å². The van der Waals surface area contributed by atoms with Gasteiger partial charge in [0.15, 0.2) is 5.58 Å². The molecule has 1 aliphatic heterocycles. The van der Waals surface area contributed by atoms with Crippen molar-refractivity contribution < 1.29 is 9.21 Å². The number of rotatable bonds is 5. The first-order valence-corrected chi connectivity index (χ1v) is 12.4. The molecule has 4 aromatic rings. The standard InChI is InChI=1S/C28H29ClN4O2/c1-17-6-8-22(20-10-11-30-19(3)14-20)23(13-17)27(34)33-12-4-5-18(2)25(33)16-31-28-32-24-15-21(29)7-9-26(24)35-28/h6-11,13-15,18,25H,4-5,12,16H2,1-3H3,(H,31,32)/t18-,25?/m1/s1. The van der Waals surface area contributed by atoms with Gasteiger partial charge in [-0.15, -0.1) is 0 Å². The lowest BCUT2D eigenvalue weighted by molar-refractivity contribution is 0.0540. The summed E-state index contributed by atoms with van der Waals surface area (Å²) >= 11 is 6.09. The topological polar surface area (TPSA) is 71.3 Å². The molecule has 0 saturated carbocycles. The van der Waals surface area contributed by atoms with Crippen LogP contribution in [0.4, 0.5) is 6.01 Å². The molecule has 1 unspecified atom stereocenters. The molecule has 0 bridgehead atoms. The van der Waals surface area contributed by atoms with Gasteiger partial charge in [0.1, 0.15) is 5.52 Å². The zero-order valence-electron chi connectivity index (χ0n) is 20.2. The molecule has 2 aromatic carbocycles. The van der Waals surface area contributed by atoms with E-state index in [2.05, 4.69) is 28.3 Å². The minimum Gasteiger partial charge on any atom is -0.424 e. The highest BCUT2D eigenvalue weighted by atomic mass is 35.5. The highest BCUT2D eigenvalue weighted by molar-refractivity contribution is 6.31. The highest BCUT2D eigenvalue weighted by Gasteiger charge is 2.33. The Morgan fingerprint density at radius 3 is 2.86 bits per heavy atom. The number of nitrogens with one attached hydrogen (secondary N) is 1. The van der Waals surface area contributed by atoms with Crippen LogP contribution in [-0.4, -0.2) is 39.9 Å². The zero-order valence-corrected chi connectivity index (χ0v) is 21.0. The molecule has 3 heterocycles. The minimum absolute atomic E-state index is 0.0161. The normalized spacial score (nSPS) is 18.1. The van der Waals surface area contributed by atoms with Gasteiger partial charge in [0.2, 0.25) is 0 Å². The van der Waals surface area contributed by atoms with Gasteiger partial charge in [-0.05, 0) is 80.1 Å². The third-order valence-electron chi connectivity index (χ3n) is 6.80. The van der Waals surface area contributed by atoms with Crippen LogP contribution in [-0.2, 0) is 0 Å². The van der Waals surface area contributed by atoms with Crippen molar-refractivity contribution in [2.24, 2.45) is 5.92 Å². The van der Waals surface area contributed by atoms with E-state index in [-0.39, 0.29) is 11.9 Å². The smallest absolute Gasteiger partial charge is 0.295 e. The van der Waals surface area contributed by atoms with Gasteiger partial charge in [0.25, 0.3) is 11.9 Å². The lowest BCUT2D eigenvalue weighted by Gasteiger charge is -2.40. The first kappa shape index (κ1) is 23.4. The fraction of sp³-hybridized carbons (Fsp3) is 0.321. The molecule has 5 rings (SSSR count). The predicted octanol–water partition coefficient (Wildman–Crippen LogP) is 6.51. The van der Waals surface area contributed by atoms with Gasteiger partial charge in [0.05, 0.1) is 6.04 Å². The van der Waals surface area contributed by atoms with Crippen LogP contribution >= 0.6 is 11.6 Å². The summed E-state index contributed by atoms with van der Waals surface area (Å²) in [5, 5.41) is 3.95. The van der Waals surface area contributed by atoms with Crippen LogP contribution in [0.15, 0.2) is 59.1 Å². The van der Waals surface area contributed by atoms with Crippen molar-refractivity contribution in [3.05, 3.63) is 76.6 Å². The predicted molar refractivity (Wildman–Crippen MR) is 140 cm³/mol. The molecule has 2 atom stereocenters. The number of benzene rings is 2. The Balaban J connectivity index is 1.42. The van der Waals surface area contributed by atoms with Crippen LogP contribution in [0.5, 0.6) is 0 Å². The van der Waals surface area contributed by atoms with E-state index < -0.39 is 0 Å². The van der Waals surface area contributed by atoms with Gasteiger partial charge in [0, 0.05) is 35.6 Å². The third kappa shape index (κ3) is 4.89. The van der Waals surface area contributed by atoms with Gasteiger partial charge < -0.3 is 14.6 Å². The SMILES string of the molecule is Cc1ccc(-c2ccnc(C)c2)c(C(=O)N2CCC[C@@H](C)C2CNc2nc3cc(Cl)ccc3o2)c1. The van der Waals surface area contributed by atoms with E-state index in [1.165, 1.54) is 0 Å². The Morgan fingerprint density at radius 2 is 2.03 bits per heavy atom. The number of nitrogens with zero attached hydrogens (tertiary/aromatic N) is 3. The van der Waals surface area contributed by atoms with E-state index in [1.54, 1.807) is 18.3 Å². The Morgan fingerprint density at radius 1 is 1.17 bits per heavy atom. The van der Waals surface area contributed by atoms with Gasteiger partial charge in [-0.1, -0.05) is 36.2 Å². The molecule has 1 amide bonds. The fourth-order valence-electron chi connectivity index (χ4n) is 4.94. The van der Waals surface area contributed by atoms with Gasteiger partial charge in [-0.3, -0.25) is 9.78 Å². The lowest BCUT2D eigenvalue weighted by Crippen LogP contribution is -2.51. The fourth-order valence-corrected chi connectivity index (χ4v) is 5.10. The average Bonchev–Trinajstić information content (AvgIpc) is 3.24. The maximum atomic E-state index is 14.0. The molecular formula is C28H29ClN4O2. The molecule has 180 valence electrons.